The molecule has 266 valence electrons. The fourth-order valence-electron chi connectivity index (χ4n) is 7.45. The van der Waals surface area contributed by atoms with Crippen LogP contribution in [0.3, 0.4) is 0 Å². The number of fused-ring (bicyclic) bond motifs is 1. The molecule has 2 fully saturated rings. The van der Waals surface area contributed by atoms with Crippen molar-refractivity contribution in [2.24, 2.45) is 5.92 Å². The molecule has 0 bridgehead atoms. The summed E-state index contributed by atoms with van der Waals surface area (Å²) in [5.41, 5.74) is 2.37. The molecule has 0 unspecified atom stereocenters. The molecule has 50 heavy (non-hydrogen) atoms. The summed E-state index contributed by atoms with van der Waals surface area (Å²) in [5, 5.41) is 29.9. The van der Waals surface area contributed by atoms with E-state index in [0.717, 1.165) is 68.3 Å². The predicted octanol–water partition coefficient (Wildman–Crippen LogP) is 5.42. The highest BCUT2D eigenvalue weighted by molar-refractivity contribution is 6.08. The Balaban J connectivity index is 1.28. The number of hydrogen-bond donors (Lipinski definition) is 2. The van der Waals surface area contributed by atoms with Crippen molar-refractivity contribution >= 4 is 34.8 Å². The standard InChI is InChI=1S/C39H50N6O5/c1-29(13-8-11-21-42-28-31(20-24-46)40-41-42)39(50)34-26-33(44-23-10-5-3-7-17-37(44)48)18-19-35(34)45(38(39)49)27-30-14-12-15-32(25-30)43-22-9-4-2-6-16-36(43)47/h8,12-15,18-19,25-26,28-29,46,50H,2-7,9-11,16-17,20-24,27H2,1H3/b13-8+/t29-,39+/m0/s1. The monoisotopic (exact) mass is 682 g/mol. The summed E-state index contributed by atoms with van der Waals surface area (Å²) in [6, 6.07) is 13.4. The van der Waals surface area contributed by atoms with E-state index < -0.39 is 17.4 Å². The van der Waals surface area contributed by atoms with E-state index in [0.29, 0.717) is 62.3 Å². The summed E-state index contributed by atoms with van der Waals surface area (Å²) < 4.78 is 1.72. The molecule has 3 amide bonds. The predicted molar refractivity (Wildman–Crippen MR) is 193 cm³/mol. The fraction of sp³-hybridized carbons (Fsp3) is 0.513. The number of aliphatic hydroxyl groups excluding tert-OH is 1. The molecule has 3 aliphatic heterocycles. The minimum Gasteiger partial charge on any atom is -0.396 e. The van der Waals surface area contributed by atoms with Gasteiger partial charge in [-0.3, -0.25) is 19.1 Å². The van der Waals surface area contributed by atoms with Gasteiger partial charge in [-0.15, -0.1) is 5.10 Å². The molecule has 11 heteroatoms. The summed E-state index contributed by atoms with van der Waals surface area (Å²) in [6.45, 7) is 3.93. The number of hydrogen-bond acceptors (Lipinski definition) is 7. The minimum atomic E-state index is -1.86. The number of anilines is 3. The van der Waals surface area contributed by atoms with Gasteiger partial charge < -0.3 is 24.9 Å². The van der Waals surface area contributed by atoms with Crippen LogP contribution in [0.1, 0.15) is 94.4 Å². The van der Waals surface area contributed by atoms with Crippen molar-refractivity contribution in [3.05, 3.63) is 77.6 Å². The molecule has 2 atom stereocenters. The number of allylic oxidation sites excluding steroid dienone is 1. The summed E-state index contributed by atoms with van der Waals surface area (Å²) in [6.07, 6.45) is 15.6. The number of nitrogens with zero attached hydrogens (tertiary/aromatic N) is 6. The van der Waals surface area contributed by atoms with Crippen LogP contribution in [0.5, 0.6) is 0 Å². The van der Waals surface area contributed by atoms with Gasteiger partial charge in [0.1, 0.15) is 0 Å². The van der Waals surface area contributed by atoms with Crippen molar-refractivity contribution in [1.82, 2.24) is 15.0 Å². The van der Waals surface area contributed by atoms with Crippen LogP contribution in [0.25, 0.3) is 0 Å². The summed E-state index contributed by atoms with van der Waals surface area (Å²) in [4.78, 5) is 46.0. The fourth-order valence-corrected chi connectivity index (χ4v) is 7.45. The lowest BCUT2D eigenvalue weighted by Crippen LogP contribution is -2.44. The van der Waals surface area contributed by atoms with Gasteiger partial charge in [-0.1, -0.05) is 62.1 Å². The smallest absolute Gasteiger partial charge is 0.264 e. The van der Waals surface area contributed by atoms with Crippen LogP contribution in [0, 0.1) is 5.92 Å². The molecule has 11 nitrogen and oxygen atoms in total. The van der Waals surface area contributed by atoms with E-state index in [-0.39, 0.29) is 25.0 Å². The van der Waals surface area contributed by atoms with E-state index in [1.165, 1.54) is 0 Å². The number of aryl methyl sites for hydroxylation is 1. The van der Waals surface area contributed by atoms with Crippen LogP contribution in [0.2, 0.25) is 0 Å². The lowest BCUT2D eigenvalue weighted by molar-refractivity contribution is -0.139. The molecule has 0 radical (unpaired) electrons. The van der Waals surface area contributed by atoms with Crippen molar-refractivity contribution in [3.8, 4) is 0 Å². The van der Waals surface area contributed by atoms with Gasteiger partial charge in [0.25, 0.3) is 5.91 Å². The first-order valence-corrected chi connectivity index (χ1v) is 18.3. The minimum absolute atomic E-state index is 0.0123. The number of aliphatic hydroxyl groups is 2. The molecular weight excluding hydrogens is 632 g/mol. The second-order valence-corrected chi connectivity index (χ2v) is 13.9. The number of rotatable bonds is 11. The second-order valence-electron chi connectivity index (χ2n) is 13.9. The Labute approximate surface area is 294 Å². The van der Waals surface area contributed by atoms with Crippen molar-refractivity contribution in [2.75, 3.05) is 34.4 Å². The van der Waals surface area contributed by atoms with Crippen molar-refractivity contribution < 1.29 is 24.6 Å². The Morgan fingerprint density at radius 1 is 0.880 bits per heavy atom. The van der Waals surface area contributed by atoms with Gasteiger partial charge in [0, 0.05) is 74.6 Å². The van der Waals surface area contributed by atoms with Crippen molar-refractivity contribution in [2.45, 2.75) is 103 Å². The molecule has 4 heterocycles. The van der Waals surface area contributed by atoms with Crippen LogP contribution in [0.15, 0.2) is 60.8 Å². The molecule has 2 aromatic carbocycles. The first-order valence-electron chi connectivity index (χ1n) is 18.3. The van der Waals surface area contributed by atoms with Crippen LogP contribution in [-0.2, 0) is 39.5 Å². The maximum Gasteiger partial charge on any atom is 0.264 e. The molecule has 1 aromatic heterocycles. The zero-order valence-corrected chi connectivity index (χ0v) is 29.2. The van der Waals surface area contributed by atoms with E-state index in [1.54, 1.807) is 14.5 Å². The maximum atomic E-state index is 14.5. The van der Waals surface area contributed by atoms with Crippen LogP contribution < -0.4 is 14.7 Å². The largest absolute Gasteiger partial charge is 0.396 e. The Morgan fingerprint density at radius 2 is 1.56 bits per heavy atom. The molecule has 3 aromatic rings. The number of amides is 3. The highest BCUT2D eigenvalue weighted by Crippen LogP contribution is 2.47. The SMILES string of the molecule is C[C@@H](/C=C/CCn1cc(CCO)nn1)[C@]1(O)C(=O)N(Cc2cccc(N3CCCCCCC3=O)c2)c2ccc(N3CCCCCCC3=O)cc21. The van der Waals surface area contributed by atoms with E-state index >= 15 is 0 Å². The zero-order valence-electron chi connectivity index (χ0n) is 29.2. The molecule has 0 aliphatic carbocycles. The molecule has 0 saturated carbocycles. The number of benzene rings is 2. The Hall–Kier alpha value is -4.35. The highest BCUT2D eigenvalue weighted by atomic mass is 16.3. The normalized spacial score (nSPS) is 21.3. The maximum absolute atomic E-state index is 14.5. The highest BCUT2D eigenvalue weighted by Gasteiger charge is 2.52. The summed E-state index contributed by atoms with van der Waals surface area (Å²) in [5.74, 6) is -0.811. The summed E-state index contributed by atoms with van der Waals surface area (Å²) >= 11 is 0. The molecule has 3 aliphatic rings. The lowest BCUT2D eigenvalue weighted by Gasteiger charge is -2.29. The van der Waals surface area contributed by atoms with E-state index in [2.05, 4.69) is 10.3 Å². The average Bonchev–Trinajstić information content (AvgIpc) is 3.63. The summed E-state index contributed by atoms with van der Waals surface area (Å²) in [7, 11) is 0. The molecule has 0 spiro atoms. The number of carbonyl (C=O) groups excluding carboxylic acids is 3. The Morgan fingerprint density at radius 3 is 2.26 bits per heavy atom. The van der Waals surface area contributed by atoms with Crippen LogP contribution in [0.4, 0.5) is 17.1 Å². The van der Waals surface area contributed by atoms with E-state index in [9.17, 15) is 19.5 Å². The molecule has 6 rings (SSSR count). The van der Waals surface area contributed by atoms with E-state index in [1.807, 2.05) is 72.6 Å². The third-order valence-corrected chi connectivity index (χ3v) is 10.3. The van der Waals surface area contributed by atoms with Crippen molar-refractivity contribution in [1.29, 1.82) is 0 Å². The van der Waals surface area contributed by atoms with Crippen LogP contribution >= 0.6 is 0 Å². The Kier molecular flexibility index (Phi) is 11.4. The van der Waals surface area contributed by atoms with Crippen molar-refractivity contribution in [3.63, 3.8) is 0 Å². The topological polar surface area (TPSA) is 132 Å². The molecule has 2 saturated heterocycles. The van der Waals surface area contributed by atoms with Gasteiger partial charge in [0.2, 0.25) is 11.8 Å². The quantitative estimate of drug-likeness (QED) is 0.258. The van der Waals surface area contributed by atoms with Gasteiger partial charge >= 0.3 is 0 Å². The molecule has 2 N–H and O–H groups in total. The first kappa shape index (κ1) is 35.5. The van der Waals surface area contributed by atoms with Gasteiger partial charge in [-0.05, 0) is 68.0 Å². The Bertz CT molecular complexity index is 1700. The lowest BCUT2D eigenvalue weighted by atomic mass is 9.82. The average molecular weight is 683 g/mol. The first-order chi connectivity index (χ1) is 24.3. The van der Waals surface area contributed by atoms with Gasteiger partial charge in [0.05, 0.1) is 17.9 Å². The third-order valence-electron chi connectivity index (χ3n) is 10.3. The van der Waals surface area contributed by atoms with Gasteiger partial charge in [-0.25, -0.2) is 0 Å². The van der Waals surface area contributed by atoms with Gasteiger partial charge in [-0.2, -0.15) is 0 Å². The van der Waals surface area contributed by atoms with Gasteiger partial charge in [0.15, 0.2) is 5.60 Å². The number of carbonyl (C=O) groups is 3. The number of aromatic nitrogens is 3. The van der Waals surface area contributed by atoms with Crippen LogP contribution in [-0.4, -0.2) is 62.6 Å². The van der Waals surface area contributed by atoms with E-state index in [4.69, 9.17) is 5.11 Å². The third kappa shape index (κ3) is 7.68. The second kappa shape index (κ2) is 16.1. The zero-order chi connectivity index (χ0) is 35.1. The molecular formula is C39H50N6O5.